The van der Waals surface area contributed by atoms with Gasteiger partial charge in [0.05, 0.1) is 11.0 Å². The summed E-state index contributed by atoms with van der Waals surface area (Å²) in [7, 11) is 0. The van der Waals surface area contributed by atoms with Gasteiger partial charge in [-0.3, -0.25) is 9.35 Å². The number of carbonyl (C=O) groups excluding carboxylic acids is 1. The number of anilines is 1. The molecule has 1 unspecified atom stereocenters. The second-order valence-corrected chi connectivity index (χ2v) is 5.22. The smallest absolute Gasteiger partial charge is 0.269 e. The van der Waals surface area contributed by atoms with E-state index in [4.69, 9.17) is 5.73 Å². The van der Waals surface area contributed by atoms with Gasteiger partial charge in [0.2, 0.25) is 5.95 Å². The largest absolute Gasteiger partial charge is 0.368 e. The third-order valence-corrected chi connectivity index (χ3v) is 3.79. The third kappa shape index (κ3) is 2.32. The van der Waals surface area contributed by atoms with E-state index in [1.807, 2.05) is 6.07 Å². The zero-order chi connectivity index (χ0) is 15.0. The monoisotopic (exact) mass is 301 g/mol. The lowest BCUT2D eigenvalue weighted by molar-refractivity contribution is 0.103. The molecule has 6 nitrogen and oxygen atoms in total. The Balaban J connectivity index is 2.15. The molecule has 21 heavy (non-hydrogen) atoms. The molecule has 3 aromatic rings. The van der Waals surface area contributed by atoms with Gasteiger partial charge in [-0.1, -0.05) is 30.3 Å². The number of imidazole rings is 1. The minimum Gasteiger partial charge on any atom is -0.368 e. The summed E-state index contributed by atoms with van der Waals surface area (Å²) in [4.78, 5) is 16.4. The molecule has 0 bridgehead atoms. The summed E-state index contributed by atoms with van der Waals surface area (Å²) in [6, 6.07) is 13.5. The quantitative estimate of drug-likeness (QED) is 0.568. The summed E-state index contributed by atoms with van der Waals surface area (Å²) < 4.78 is 21.6. The van der Waals surface area contributed by atoms with Gasteiger partial charge in [0.25, 0.3) is 11.3 Å². The molecule has 0 saturated carbocycles. The van der Waals surface area contributed by atoms with Crippen molar-refractivity contribution < 1.29 is 13.6 Å². The second-order valence-electron chi connectivity index (χ2n) is 4.39. The first-order chi connectivity index (χ1) is 10.1. The average Bonchev–Trinajstić information content (AvgIpc) is 2.82. The summed E-state index contributed by atoms with van der Waals surface area (Å²) in [6.07, 6.45) is 0. The van der Waals surface area contributed by atoms with E-state index in [9.17, 15) is 13.6 Å². The standard InChI is InChI=1S/C14H11N3O3S/c15-14-16-11-7-6-10(8-12(11)17(14)21(19)20)13(18)9-4-2-1-3-5-9/h1-8H,(H2,15,16)(H,19,20). The van der Waals surface area contributed by atoms with Crippen molar-refractivity contribution in [2.75, 3.05) is 5.73 Å². The molecule has 0 aliphatic heterocycles. The summed E-state index contributed by atoms with van der Waals surface area (Å²) in [6.45, 7) is 0. The Kier molecular flexibility index (Phi) is 3.28. The van der Waals surface area contributed by atoms with E-state index in [1.54, 1.807) is 36.4 Å². The van der Waals surface area contributed by atoms with Crippen molar-refractivity contribution in [1.29, 1.82) is 0 Å². The Morgan fingerprint density at radius 2 is 1.86 bits per heavy atom. The zero-order valence-corrected chi connectivity index (χ0v) is 11.6. The first-order valence-corrected chi connectivity index (χ1v) is 7.13. The van der Waals surface area contributed by atoms with Gasteiger partial charge in [-0.15, -0.1) is 0 Å². The highest BCUT2D eigenvalue weighted by Crippen LogP contribution is 2.21. The van der Waals surface area contributed by atoms with Gasteiger partial charge in [-0.05, 0) is 18.2 Å². The molecule has 3 rings (SSSR count). The number of benzene rings is 2. The summed E-state index contributed by atoms with van der Waals surface area (Å²) >= 11 is -2.33. The maximum absolute atomic E-state index is 12.4. The molecule has 0 fully saturated rings. The SMILES string of the molecule is Nc1nc2ccc(C(=O)c3ccccc3)cc2n1S(=O)O. The molecular formula is C14H11N3O3S. The molecule has 106 valence electrons. The Morgan fingerprint density at radius 1 is 1.14 bits per heavy atom. The number of fused-ring (bicyclic) bond motifs is 1. The molecule has 0 radical (unpaired) electrons. The molecule has 0 aliphatic carbocycles. The van der Waals surface area contributed by atoms with Crippen LogP contribution >= 0.6 is 0 Å². The van der Waals surface area contributed by atoms with Crippen molar-refractivity contribution in [1.82, 2.24) is 8.96 Å². The molecule has 0 amide bonds. The van der Waals surface area contributed by atoms with Crippen LogP contribution in [0.1, 0.15) is 15.9 Å². The lowest BCUT2D eigenvalue weighted by Crippen LogP contribution is -2.07. The van der Waals surface area contributed by atoms with Gasteiger partial charge in [-0.25, -0.2) is 13.2 Å². The van der Waals surface area contributed by atoms with Crippen LogP contribution in [0, 0.1) is 0 Å². The maximum atomic E-state index is 12.4. The van der Waals surface area contributed by atoms with Crippen molar-refractivity contribution in [3.8, 4) is 0 Å². The van der Waals surface area contributed by atoms with Crippen LogP contribution in [-0.4, -0.2) is 23.5 Å². The molecule has 3 N–H and O–H groups in total. The molecule has 7 heteroatoms. The van der Waals surface area contributed by atoms with E-state index in [2.05, 4.69) is 4.98 Å². The van der Waals surface area contributed by atoms with Crippen LogP contribution in [0.15, 0.2) is 48.5 Å². The van der Waals surface area contributed by atoms with E-state index in [-0.39, 0.29) is 11.7 Å². The molecule has 2 aromatic carbocycles. The normalized spacial score (nSPS) is 12.4. The lowest BCUT2D eigenvalue weighted by atomic mass is 10.0. The predicted molar refractivity (Wildman–Crippen MR) is 80.2 cm³/mol. The van der Waals surface area contributed by atoms with E-state index >= 15 is 0 Å². The van der Waals surface area contributed by atoms with Crippen LogP contribution < -0.4 is 5.73 Å². The fourth-order valence-electron chi connectivity index (χ4n) is 2.13. The molecule has 1 heterocycles. The first-order valence-electron chi connectivity index (χ1n) is 6.07. The van der Waals surface area contributed by atoms with Crippen molar-refractivity contribution >= 4 is 34.0 Å². The van der Waals surface area contributed by atoms with E-state index in [1.165, 1.54) is 6.07 Å². The lowest BCUT2D eigenvalue weighted by Gasteiger charge is -2.03. The topological polar surface area (TPSA) is 98.2 Å². The number of nitrogens with two attached hydrogens (primary N) is 1. The number of hydrogen-bond donors (Lipinski definition) is 2. The van der Waals surface area contributed by atoms with Gasteiger partial charge in [0.1, 0.15) is 0 Å². The van der Waals surface area contributed by atoms with Crippen molar-refractivity contribution in [2.24, 2.45) is 0 Å². The molecular weight excluding hydrogens is 290 g/mol. The molecule has 1 aromatic heterocycles. The van der Waals surface area contributed by atoms with Gasteiger partial charge >= 0.3 is 0 Å². The van der Waals surface area contributed by atoms with Crippen LogP contribution in [-0.2, 0) is 11.3 Å². The molecule has 0 aliphatic rings. The number of ketones is 1. The van der Waals surface area contributed by atoms with Crippen LogP contribution in [0.25, 0.3) is 11.0 Å². The minimum absolute atomic E-state index is 0.0739. The van der Waals surface area contributed by atoms with E-state index in [0.717, 1.165) is 3.97 Å². The summed E-state index contributed by atoms with van der Waals surface area (Å²) in [5, 5.41) is 0. The highest BCUT2D eigenvalue weighted by molar-refractivity contribution is 7.77. The third-order valence-electron chi connectivity index (χ3n) is 3.09. The van der Waals surface area contributed by atoms with Crippen LogP contribution in [0.2, 0.25) is 0 Å². The Labute approximate surface area is 122 Å². The Morgan fingerprint density at radius 3 is 2.52 bits per heavy atom. The zero-order valence-electron chi connectivity index (χ0n) is 10.8. The van der Waals surface area contributed by atoms with Crippen LogP contribution in [0.5, 0.6) is 0 Å². The highest BCUT2D eigenvalue weighted by atomic mass is 32.2. The first kappa shape index (κ1) is 13.5. The number of nitrogens with zero attached hydrogens (tertiary/aromatic N) is 2. The predicted octanol–water partition coefficient (Wildman–Crippen LogP) is 1.83. The Bertz CT molecular complexity index is 859. The van der Waals surface area contributed by atoms with Crippen LogP contribution in [0.4, 0.5) is 5.95 Å². The van der Waals surface area contributed by atoms with Crippen molar-refractivity contribution in [2.45, 2.75) is 0 Å². The van der Waals surface area contributed by atoms with Crippen LogP contribution in [0.3, 0.4) is 0 Å². The van der Waals surface area contributed by atoms with Gasteiger partial charge in [-0.2, -0.15) is 0 Å². The summed E-state index contributed by atoms with van der Waals surface area (Å²) in [5.41, 5.74) is 7.35. The number of aromatic nitrogens is 2. The van der Waals surface area contributed by atoms with Gasteiger partial charge in [0.15, 0.2) is 5.78 Å². The number of hydrogen-bond acceptors (Lipinski definition) is 4. The summed E-state index contributed by atoms with van der Waals surface area (Å²) in [5.74, 6) is -0.248. The number of carbonyl (C=O) groups is 1. The number of nitrogen functional groups attached to an aromatic ring is 1. The van der Waals surface area contributed by atoms with Crippen molar-refractivity contribution in [3.05, 3.63) is 59.7 Å². The second kappa shape index (κ2) is 5.12. The number of rotatable bonds is 3. The minimum atomic E-state index is -2.33. The molecule has 0 spiro atoms. The highest BCUT2D eigenvalue weighted by Gasteiger charge is 2.15. The van der Waals surface area contributed by atoms with Gasteiger partial charge < -0.3 is 5.73 Å². The molecule has 0 saturated heterocycles. The van der Waals surface area contributed by atoms with Crippen molar-refractivity contribution in [3.63, 3.8) is 0 Å². The average molecular weight is 301 g/mol. The molecule has 1 atom stereocenters. The fraction of sp³-hybridized carbons (Fsp3) is 0. The van der Waals surface area contributed by atoms with Gasteiger partial charge in [0, 0.05) is 11.1 Å². The Hall–Kier alpha value is -2.51. The van der Waals surface area contributed by atoms with E-state index in [0.29, 0.717) is 22.2 Å². The van der Waals surface area contributed by atoms with E-state index < -0.39 is 11.3 Å². The maximum Gasteiger partial charge on any atom is 0.269 e. The fourth-order valence-corrected chi connectivity index (χ4v) is 2.65.